The summed E-state index contributed by atoms with van der Waals surface area (Å²) in [5, 5.41) is 5.29. The highest BCUT2D eigenvalue weighted by Crippen LogP contribution is 2.54. The molecule has 2 aliphatic rings. The van der Waals surface area contributed by atoms with E-state index in [0.717, 1.165) is 25.9 Å². The number of sulfonamides is 1. The van der Waals surface area contributed by atoms with Crippen LogP contribution >= 0.6 is 0 Å². The van der Waals surface area contributed by atoms with E-state index < -0.39 is 15.9 Å². The molecule has 7 heteroatoms. The number of rotatable bonds is 3. The van der Waals surface area contributed by atoms with Crippen LogP contribution < -0.4 is 15.8 Å². The van der Waals surface area contributed by atoms with Crippen molar-refractivity contribution in [1.82, 2.24) is 0 Å². The standard InChI is InChI=1S/C14H19N3O3S/c15-13(18)10-2-1-3-11(21(16,19)20)12(10)17-8-6-14(4-5-14)7-9-17/h1-3H,4-9H2,(H2,15,18)(H2,16,19,20). The number of nitrogens with two attached hydrogens (primary N) is 2. The number of hydrogen-bond donors (Lipinski definition) is 2. The Morgan fingerprint density at radius 1 is 1.14 bits per heavy atom. The molecular formula is C14H19N3O3S. The minimum absolute atomic E-state index is 0.0226. The van der Waals surface area contributed by atoms with E-state index in [-0.39, 0.29) is 10.5 Å². The van der Waals surface area contributed by atoms with E-state index in [9.17, 15) is 13.2 Å². The van der Waals surface area contributed by atoms with Gasteiger partial charge in [-0.1, -0.05) is 6.07 Å². The average molecular weight is 309 g/mol. The molecule has 1 aromatic rings. The molecule has 1 aliphatic carbocycles. The molecule has 1 heterocycles. The molecule has 0 aromatic heterocycles. The van der Waals surface area contributed by atoms with Gasteiger partial charge in [0.1, 0.15) is 4.90 Å². The Morgan fingerprint density at radius 2 is 1.76 bits per heavy atom. The van der Waals surface area contributed by atoms with Crippen LogP contribution in [0.15, 0.2) is 23.1 Å². The Hall–Kier alpha value is -1.60. The predicted octanol–water partition coefficient (Wildman–Crippen LogP) is 0.813. The van der Waals surface area contributed by atoms with Crippen LogP contribution in [0.25, 0.3) is 0 Å². The van der Waals surface area contributed by atoms with Gasteiger partial charge in [-0.15, -0.1) is 0 Å². The number of para-hydroxylation sites is 1. The van der Waals surface area contributed by atoms with Gasteiger partial charge in [0.05, 0.1) is 11.3 Å². The average Bonchev–Trinajstić information content (AvgIpc) is 3.17. The maximum atomic E-state index is 11.8. The van der Waals surface area contributed by atoms with Crippen molar-refractivity contribution in [3.05, 3.63) is 23.8 Å². The summed E-state index contributed by atoms with van der Waals surface area (Å²) in [6.45, 7) is 1.46. The zero-order valence-corrected chi connectivity index (χ0v) is 12.5. The van der Waals surface area contributed by atoms with Gasteiger partial charge in [0, 0.05) is 13.1 Å². The van der Waals surface area contributed by atoms with Crippen LogP contribution in [0, 0.1) is 5.41 Å². The molecule has 1 spiro atoms. The molecule has 21 heavy (non-hydrogen) atoms. The van der Waals surface area contributed by atoms with Crippen LogP contribution in [0.2, 0.25) is 0 Å². The zero-order chi connectivity index (χ0) is 15.3. The Bertz CT molecular complexity index is 685. The molecule has 1 saturated carbocycles. The van der Waals surface area contributed by atoms with Gasteiger partial charge >= 0.3 is 0 Å². The number of nitrogens with zero attached hydrogens (tertiary/aromatic N) is 1. The van der Waals surface area contributed by atoms with Crippen molar-refractivity contribution >= 4 is 21.6 Å². The summed E-state index contributed by atoms with van der Waals surface area (Å²) in [6, 6.07) is 4.47. The number of anilines is 1. The van der Waals surface area contributed by atoms with Crippen LogP contribution in [0.5, 0.6) is 0 Å². The second-order valence-electron chi connectivity index (χ2n) is 6.05. The third-order valence-corrected chi connectivity index (χ3v) is 5.61. The summed E-state index contributed by atoms with van der Waals surface area (Å²) in [5.74, 6) is -0.637. The summed E-state index contributed by atoms with van der Waals surface area (Å²) in [7, 11) is -3.90. The molecule has 4 N–H and O–H groups in total. The number of carbonyl (C=O) groups excluding carboxylic acids is 1. The maximum absolute atomic E-state index is 11.8. The Kier molecular flexibility index (Phi) is 3.22. The normalized spacial score (nSPS) is 20.5. The first kappa shape index (κ1) is 14.3. The third kappa shape index (κ3) is 2.63. The molecule has 0 unspecified atom stereocenters. The fourth-order valence-corrected chi connectivity index (χ4v) is 3.94. The van der Waals surface area contributed by atoms with Crippen molar-refractivity contribution < 1.29 is 13.2 Å². The molecule has 114 valence electrons. The number of carbonyl (C=O) groups is 1. The lowest BCUT2D eigenvalue weighted by molar-refractivity contribution is 0.100. The SMILES string of the molecule is NC(=O)c1cccc(S(N)(=O)=O)c1N1CCC2(CC1)CC2. The molecule has 1 saturated heterocycles. The summed E-state index contributed by atoms with van der Waals surface area (Å²) in [5.41, 5.74) is 6.44. The highest BCUT2D eigenvalue weighted by molar-refractivity contribution is 7.89. The van der Waals surface area contributed by atoms with Gasteiger partial charge in [-0.2, -0.15) is 0 Å². The van der Waals surface area contributed by atoms with Crippen molar-refractivity contribution in [2.75, 3.05) is 18.0 Å². The predicted molar refractivity (Wildman–Crippen MR) is 79.4 cm³/mol. The van der Waals surface area contributed by atoms with Crippen LogP contribution in [-0.2, 0) is 10.0 Å². The van der Waals surface area contributed by atoms with Gasteiger partial charge in [0.15, 0.2) is 0 Å². The molecule has 0 radical (unpaired) electrons. The van der Waals surface area contributed by atoms with E-state index in [4.69, 9.17) is 10.9 Å². The maximum Gasteiger partial charge on any atom is 0.250 e. The molecule has 1 aliphatic heterocycles. The monoisotopic (exact) mass is 309 g/mol. The number of benzene rings is 1. The topological polar surface area (TPSA) is 106 Å². The van der Waals surface area contributed by atoms with Gasteiger partial charge in [-0.25, -0.2) is 13.6 Å². The van der Waals surface area contributed by atoms with E-state index in [0.29, 0.717) is 11.1 Å². The van der Waals surface area contributed by atoms with E-state index in [1.54, 1.807) is 6.07 Å². The van der Waals surface area contributed by atoms with Crippen molar-refractivity contribution in [2.24, 2.45) is 16.3 Å². The second kappa shape index (κ2) is 4.71. The Morgan fingerprint density at radius 3 is 2.24 bits per heavy atom. The van der Waals surface area contributed by atoms with Crippen molar-refractivity contribution in [3.8, 4) is 0 Å². The molecule has 2 fully saturated rings. The minimum Gasteiger partial charge on any atom is -0.370 e. The third-order valence-electron chi connectivity index (χ3n) is 4.67. The molecule has 6 nitrogen and oxygen atoms in total. The molecule has 1 aromatic carbocycles. The van der Waals surface area contributed by atoms with Crippen LogP contribution in [0.1, 0.15) is 36.0 Å². The molecule has 0 bridgehead atoms. The number of hydrogen-bond acceptors (Lipinski definition) is 4. The Balaban J connectivity index is 2.04. The lowest BCUT2D eigenvalue weighted by Crippen LogP contribution is -2.37. The summed E-state index contributed by atoms with van der Waals surface area (Å²) < 4.78 is 23.6. The summed E-state index contributed by atoms with van der Waals surface area (Å²) in [4.78, 5) is 13.6. The lowest BCUT2D eigenvalue weighted by Gasteiger charge is -2.35. The zero-order valence-electron chi connectivity index (χ0n) is 11.7. The first-order chi connectivity index (χ1) is 9.82. The van der Waals surface area contributed by atoms with Crippen molar-refractivity contribution in [3.63, 3.8) is 0 Å². The number of primary sulfonamides is 1. The van der Waals surface area contributed by atoms with Crippen LogP contribution in [-0.4, -0.2) is 27.4 Å². The van der Waals surface area contributed by atoms with E-state index in [1.165, 1.54) is 25.0 Å². The Labute approximate surface area is 124 Å². The van der Waals surface area contributed by atoms with Crippen molar-refractivity contribution in [1.29, 1.82) is 0 Å². The fourth-order valence-electron chi connectivity index (χ4n) is 3.16. The molecule has 1 amide bonds. The quantitative estimate of drug-likeness (QED) is 0.861. The van der Waals surface area contributed by atoms with Crippen LogP contribution in [0.3, 0.4) is 0 Å². The smallest absolute Gasteiger partial charge is 0.250 e. The molecule has 3 rings (SSSR count). The minimum atomic E-state index is -3.90. The first-order valence-corrected chi connectivity index (χ1v) is 8.58. The van der Waals surface area contributed by atoms with E-state index in [1.807, 2.05) is 4.90 Å². The number of amides is 1. The number of primary amides is 1. The fraction of sp³-hybridized carbons (Fsp3) is 0.500. The van der Waals surface area contributed by atoms with Crippen LogP contribution in [0.4, 0.5) is 5.69 Å². The largest absolute Gasteiger partial charge is 0.370 e. The second-order valence-corrected chi connectivity index (χ2v) is 7.58. The highest BCUT2D eigenvalue weighted by Gasteiger charge is 2.45. The van der Waals surface area contributed by atoms with Gasteiger partial charge in [-0.05, 0) is 43.2 Å². The first-order valence-electron chi connectivity index (χ1n) is 7.03. The molecule has 0 atom stereocenters. The van der Waals surface area contributed by atoms with Gasteiger partial charge in [-0.3, -0.25) is 4.79 Å². The van der Waals surface area contributed by atoms with Crippen molar-refractivity contribution in [2.45, 2.75) is 30.6 Å². The van der Waals surface area contributed by atoms with Gasteiger partial charge in [0.25, 0.3) is 5.91 Å². The number of piperidine rings is 1. The van der Waals surface area contributed by atoms with E-state index in [2.05, 4.69) is 0 Å². The highest BCUT2D eigenvalue weighted by atomic mass is 32.2. The van der Waals surface area contributed by atoms with Gasteiger partial charge < -0.3 is 10.6 Å². The molecular weight excluding hydrogens is 290 g/mol. The lowest BCUT2D eigenvalue weighted by atomic mass is 9.93. The summed E-state index contributed by atoms with van der Waals surface area (Å²) in [6.07, 6.45) is 4.54. The van der Waals surface area contributed by atoms with Gasteiger partial charge in [0.2, 0.25) is 10.0 Å². The van der Waals surface area contributed by atoms with E-state index >= 15 is 0 Å². The summed E-state index contributed by atoms with van der Waals surface area (Å²) >= 11 is 0.